The molecule has 1 N–H and O–H groups in total. The topological polar surface area (TPSA) is 54.6 Å². The molecule has 0 amide bonds. The van der Waals surface area contributed by atoms with Crippen molar-refractivity contribution in [3.8, 4) is 0 Å². The summed E-state index contributed by atoms with van der Waals surface area (Å²) in [6.07, 6.45) is 6.80. The van der Waals surface area contributed by atoms with Gasteiger partial charge in [-0.05, 0) is 73.0 Å². The van der Waals surface area contributed by atoms with Crippen LogP contribution in [0.15, 0.2) is 60.5 Å². The molecule has 0 aliphatic carbocycles. The van der Waals surface area contributed by atoms with Crippen LogP contribution < -0.4 is 0 Å². The number of carbonyl (C=O) groups is 1. The zero-order valence-corrected chi connectivity index (χ0v) is 29.7. The SMILES string of the molecule is CCC(CC)C(=O)/C=C(\O)C(CC)CC.Cc1c(C(C)(C)C)c2c3cccnc3c3[c-]c4ccccc4cc3n2c1C.[Ir]. The molecule has 231 valence electrons. The normalized spacial score (nSPS) is 12.3. The van der Waals surface area contributed by atoms with Gasteiger partial charge in [0.2, 0.25) is 0 Å². The zero-order chi connectivity index (χ0) is 30.8. The van der Waals surface area contributed by atoms with Gasteiger partial charge in [-0.3, -0.25) is 9.78 Å². The summed E-state index contributed by atoms with van der Waals surface area (Å²) in [5.74, 6) is 0.547. The molecule has 5 rings (SSSR count). The number of carbonyl (C=O) groups excluding carboxylic acids is 1. The fraction of sp³-hybridized carbons (Fsp3) is 0.421. The third-order valence-electron chi connectivity index (χ3n) is 8.85. The number of aliphatic hydroxyl groups is 1. The van der Waals surface area contributed by atoms with Crippen LogP contribution in [-0.4, -0.2) is 20.3 Å². The van der Waals surface area contributed by atoms with E-state index in [4.69, 9.17) is 4.98 Å². The van der Waals surface area contributed by atoms with E-state index in [0.717, 1.165) is 42.0 Å². The molecule has 0 unspecified atom stereocenters. The molecule has 5 heteroatoms. The van der Waals surface area contributed by atoms with Crippen molar-refractivity contribution < 1.29 is 30.0 Å². The molecule has 0 saturated carbocycles. The van der Waals surface area contributed by atoms with Crippen LogP contribution in [0.1, 0.15) is 91.0 Å². The van der Waals surface area contributed by atoms with Crippen LogP contribution in [0.25, 0.3) is 38.1 Å². The average Bonchev–Trinajstić information content (AvgIpc) is 3.24. The maximum atomic E-state index is 11.7. The van der Waals surface area contributed by atoms with Gasteiger partial charge in [-0.2, -0.15) is 0 Å². The van der Waals surface area contributed by atoms with Gasteiger partial charge in [-0.15, -0.1) is 17.5 Å². The van der Waals surface area contributed by atoms with Crippen LogP contribution in [0.4, 0.5) is 0 Å². The zero-order valence-electron chi connectivity index (χ0n) is 27.3. The summed E-state index contributed by atoms with van der Waals surface area (Å²) < 4.78 is 2.43. The number of aromatic nitrogens is 2. The van der Waals surface area contributed by atoms with E-state index in [2.05, 4.69) is 81.5 Å². The standard InChI is InChI=1S/C25H23N2.C13H24O2.Ir/c1-15-16(2)27-21-14-18-10-7-6-9-17(18)13-20(21)23-19(11-8-12-26-23)24(27)22(15)25(3,4)5;1-5-10(6-2)12(14)9-13(15)11(7-3)8-4;/h6-12,14H,1-5H3;9-11,14H,5-8H2,1-4H3;/q-1;;/b;12-9-;. The number of rotatable bonds is 7. The molecule has 0 bridgehead atoms. The predicted molar refractivity (Wildman–Crippen MR) is 179 cm³/mol. The van der Waals surface area contributed by atoms with Gasteiger partial charge in [-0.25, -0.2) is 0 Å². The fourth-order valence-corrected chi connectivity index (χ4v) is 6.37. The van der Waals surface area contributed by atoms with E-state index >= 15 is 0 Å². The molecule has 0 aliphatic rings. The van der Waals surface area contributed by atoms with E-state index in [9.17, 15) is 9.90 Å². The van der Waals surface area contributed by atoms with Crippen LogP contribution in [0.2, 0.25) is 0 Å². The third kappa shape index (κ3) is 6.74. The Morgan fingerprint density at radius 3 is 2.21 bits per heavy atom. The number of nitrogens with zero attached hydrogens (tertiary/aromatic N) is 2. The minimum atomic E-state index is 0. The van der Waals surface area contributed by atoms with Crippen molar-refractivity contribution in [1.29, 1.82) is 0 Å². The van der Waals surface area contributed by atoms with Gasteiger partial charge in [0.1, 0.15) is 0 Å². The second kappa shape index (κ2) is 14.2. The number of ketones is 1. The molecule has 1 radical (unpaired) electrons. The molecule has 2 aromatic carbocycles. The number of aliphatic hydroxyl groups excluding tert-OH is 1. The Labute approximate surface area is 270 Å². The molecule has 0 fully saturated rings. The summed E-state index contributed by atoms with van der Waals surface area (Å²) in [6.45, 7) is 19.5. The Hall–Kier alpha value is -3.01. The minimum Gasteiger partial charge on any atom is -0.512 e. The van der Waals surface area contributed by atoms with Crippen LogP contribution in [-0.2, 0) is 30.3 Å². The largest absolute Gasteiger partial charge is 0.512 e. The summed E-state index contributed by atoms with van der Waals surface area (Å²) in [4.78, 5) is 16.5. The van der Waals surface area contributed by atoms with Gasteiger partial charge in [-0.1, -0.05) is 89.6 Å². The van der Waals surface area contributed by atoms with Gasteiger partial charge in [0.15, 0.2) is 5.78 Å². The molecule has 0 saturated heterocycles. The minimum absolute atomic E-state index is 0. The van der Waals surface area contributed by atoms with E-state index < -0.39 is 0 Å². The van der Waals surface area contributed by atoms with Crippen molar-refractivity contribution in [1.82, 2.24) is 9.38 Å². The van der Waals surface area contributed by atoms with Crippen molar-refractivity contribution in [2.75, 3.05) is 0 Å². The first-order chi connectivity index (χ1) is 20.0. The van der Waals surface area contributed by atoms with Crippen molar-refractivity contribution in [2.45, 2.75) is 93.4 Å². The van der Waals surface area contributed by atoms with Crippen molar-refractivity contribution >= 4 is 43.9 Å². The van der Waals surface area contributed by atoms with Gasteiger partial charge in [0.25, 0.3) is 0 Å². The summed E-state index contributed by atoms with van der Waals surface area (Å²) >= 11 is 0. The van der Waals surface area contributed by atoms with Crippen molar-refractivity contribution in [2.24, 2.45) is 11.8 Å². The summed E-state index contributed by atoms with van der Waals surface area (Å²) in [6, 6.07) is 18.6. The van der Waals surface area contributed by atoms with Crippen LogP contribution in [0.5, 0.6) is 0 Å². The summed E-state index contributed by atoms with van der Waals surface area (Å²) in [7, 11) is 0. The smallest absolute Gasteiger partial charge is 0.162 e. The third-order valence-corrected chi connectivity index (χ3v) is 8.85. The molecule has 4 nitrogen and oxygen atoms in total. The number of benzene rings is 2. The van der Waals surface area contributed by atoms with Crippen molar-refractivity contribution in [3.05, 3.63) is 83.4 Å². The molecule has 43 heavy (non-hydrogen) atoms. The average molecular weight is 756 g/mol. The molecule has 5 aromatic rings. The Bertz CT molecular complexity index is 1770. The molecule has 3 aromatic heterocycles. The Balaban J connectivity index is 0.000000274. The monoisotopic (exact) mass is 756 g/mol. The van der Waals surface area contributed by atoms with Gasteiger partial charge in [0.05, 0.1) is 5.76 Å². The summed E-state index contributed by atoms with van der Waals surface area (Å²) in [5.41, 5.74) is 7.65. The number of hydrogen-bond donors (Lipinski definition) is 1. The first-order valence-corrected chi connectivity index (χ1v) is 15.6. The van der Waals surface area contributed by atoms with Crippen LogP contribution in [0.3, 0.4) is 0 Å². The number of pyridine rings is 2. The van der Waals surface area contributed by atoms with E-state index in [1.54, 1.807) is 0 Å². The van der Waals surface area contributed by atoms with Gasteiger partial charge >= 0.3 is 0 Å². The first kappa shape index (κ1) is 34.5. The van der Waals surface area contributed by atoms with Gasteiger partial charge < -0.3 is 9.51 Å². The van der Waals surface area contributed by atoms with E-state index in [-0.39, 0.29) is 48.9 Å². The van der Waals surface area contributed by atoms with E-state index in [1.807, 2.05) is 40.0 Å². The maximum absolute atomic E-state index is 11.7. The number of allylic oxidation sites excluding steroid dienone is 2. The maximum Gasteiger partial charge on any atom is 0.162 e. The summed E-state index contributed by atoms with van der Waals surface area (Å²) in [5, 5.41) is 14.4. The molecule has 0 atom stereocenters. The van der Waals surface area contributed by atoms with Gasteiger partial charge in [0, 0.05) is 60.9 Å². The van der Waals surface area contributed by atoms with E-state index in [0.29, 0.717) is 0 Å². The predicted octanol–water partition coefficient (Wildman–Crippen LogP) is 10.4. The molecule has 0 spiro atoms. The number of fused-ring (bicyclic) bond motifs is 7. The van der Waals surface area contributed by atoms with Crippen LogP contribution >= 0.6 is 0 Å². The second-order valence-corrected chi connectivity index (χ2v) is 12.5. The Morgan fingerprint density at radius 1 is 0.977 bits per heavy atom. The molecule has 3 heterocycles. The Morgan fingerprint density at radius 2 is 1.60 bits per heavy atom. The quantitative estimate of drug-likeness (QED) is 0.0592. The number of hydrogen-bond acceptors (Lipinski definition) is 3. The molecule has 0 aliphatic heterocycles. The molecular weight excluding hydrogens is 709 g/mol. The van der Waals surface area contributed by atoms with Crippen LogP contribution in [0, 0.1) is 31.7 Å². The first-order valence-electron chi connectivity index (χ1n) is 15.6. The number of aryl methyl sites for hydroxylation is 1. The van der Waals surface area contributed by atoms with E-state index in [1.165, 1.54) is 44.7 Å². The Kier molecular flexibility index (Phi) is 11.4. The second-order valence-electron chi connectivity index (χ2n) is 12.5. The fourth-order valence-electron chi connectivity index (χ4n) is 6.37. The van der Waals surface area contributed by atoms with Crippen molar-refractivity contribution in [3.63, 3.8) is 0 Å². The molecular formula is C38H47IrN2O2-.